The molecule has 1 atom stereocenters. The van der Waals surface area contributed by atoms with Crippen LogP contribution in [0.5, 0.6) is 5.75 Å². The number of benzene rings is 2. The molecule has 8 nitrogen and oxygen atoms in total. The number of nitrogens with one attached hydrogen (secondary N) is 1. The van der Waals surface area contributed by atoms with Gasteiger partial charge in [-0.15, -0.1) is 0 Å². The lowest BCUT2D eigenvalue weighted by Crippen LogP contribution is -2.36. The highest BCUT2D eigenvalue weighted by molar-refractivity contribution is 6.04. The highest BCUT2D eigenvalue weighted by Gasteiger charge is 2.45. The van der Waals surface area contributed by atoms with Gasteiger partial charge in [-0.1, -0.05) is 50.2 Å². The van der Waals surface area contributed by atoms with Gasteiger partial charge in [0.25, 0.3) is 5.91 Å². The van der Waals surface area contributed by atoms with Crippen LogP contribution >= 0.6 is 0 Å². The molecule has 0 spiro atoms. The molecule has 1 aliphatic carbocycles. The first-order chi connectivity index (χ1) is 17.2. The molecule has 1 aliphatic heterocycles. The molecule has 1 heterocycles. The van der Waals surface area contributed by atoms with Crippen molar-refractivity contribution in [2.75, 3.05) is 18.5 Å². The molecule has 8 heteroatoms. The fraction of sp³-hybridized carbons (Fsp3) is 0.321. The molecule has 0 aromatic heterocycles. The minimum absolute atomic E-state index is 0.0495. The highest BCUT2D eigenvalue weighted by atomic mass is 16.5. The third kappa shape index (κ3) is 5.27. The number of hydrogen-bond donors (Lipinski definition) is 2. The zero-order valence-corrected chi connectivity index (χ0v) is 20.6. The Labute approximate surface area is 210 Å². The Morgan fingerprint density at radius 3 is 2.50 bits per heavy atom. The lowest BCUT2D eigenvalue weighted by molar-refractivity contribution is -0.139. The number of allylic oxidation sites excluding steroid dienone is 2. The number of ketones is 1. The van der Waals surface area contributed by atoms with E-state index in [-0.39, 0.29) is 41.8 Å². The maximum absolute atomic E-state index is 13.4. The van der Waals surface area contributed by atoms with Crippen molar-refractivity contribution in [2.45, 2.75) is 39.5 Å². The lowest BCUT2D eigenvalue weighted by Gasteiger charge is -2.38. The summed E-state index contributed by atoms with van der Waals surface area (Å²) in [5.41, 5.74) is 7.53. The van der Waals surface area contributed by atoms with Crippen LogP contribution in [0, 0.1) is 5.41 Å². The Hall–Kier alpha value is -4.07. The summed E-state index contributed by atoms with van der Waals surface area (Å²) in [4.78, 5) is 38.9. The van der Waals surface area contributed by atoms with Gasteiger partial charge >= 0.3 is 5.97 Å². The fourth-order valence-electron chi connectivity index (χ4n) is 4.62. The van der Waals surface area contributed by atoms with Gasteiger partial charge in [-0.2, -0.15) is 0 Å². The van der Waals surface area contributed by atoms with Crippen LogP contribution in [0.25, 0.3) is 0 Å². The van der Waals surface area contributed by atoms with Crippen molar-refractivity contribution in [1.82, 2.24) is 0 Å². The minimum Gasteiger partial charge on any atom is -0.483 e. The molecule has 1 amide bonds. The number of esters is 1. The van der Waals surface area contributed by atoms with Crippen LogP contribution in [0.3, 0.4) is 0 Å². The smallest absolute Gasteiger partial charge is 0.340 e. The van der Waals surface area contributed by atoms with Gasteiger partial charge in [-0.25, -0.2) is 4.79 Å². The number of anilines is 1. The average Bonchev–Trinajstić information content (AvgIpc) is 2.82. The maximum Gasteiger partial charge on any atom is 0.340 e. The molecule has 2 aliphatic rings. The number of amides is 1. The van der Waals surface area contributed by atoms with Crippen molar-refractivity contribution in [3.8, 4) is 5.75 Å². The number of rotatable bonds is 7. The summed E-state index contributed by atoms with van der Waals surface area (Å²) in [7, 11) is 0. The molecule has 2 aromatic rings. The first kappa shape index (κ1) is 25.0. The van der Waals surface area contributed by atoms with Crippen LogP contribution in [0.2, 0.25) is 0 Å². The summed E-state index contributed by atoms with van der Waals surface area (Å²) in [5.74, 6) is -1.28. The van der Waals surface area contributed by atoms with E-state index in [9.17, 15) is 14.4 Å². The Morgan fingerprint density at radius 1 is 1.08 bits per heavy atom. The van der Waals surface area contributed by atoms with Gasteiger partial charge in [-0.05, 0) is 30.5 Å². The molecule has 0 saturated heterocycles. The zero-order valence-electron chi connectivity index (χ0n) is 20.6. The molecule has 2 aromatic carbocycles. The van der Waals surface area contributed by atoms with Crippen molar-refractivity contribution in [3.05, 3.63) is 82.9 Å². The lowest BCUT2D eigenvalue weighted by atomic mass is 9.70. The topological polar surface area (TPSA) is 117 Å². The Kier molecular flexibility index (Phi) is 7.15. The fourth-order valence-corrected chi connectivity index (χ4v) is 4.62. The van der Waals surface area contributed by atoms with E-state index >= 15 is 0 Å². The van der Waals surface area contributed by atoms with E-state index in [0.717, 1.165) is 0 Å². The molecule has 4 rings (SSSR count). The second-order valence-electron chi connectivity index (χ2n) is 9.55. The van der Waals surface area contributed by atoms with E-state index in [1.54, 1.807) is 43.3 Å². The number of carbonyl (C=O) groups excluding carboxylic acids is 3. The maximum atomic E-state index is 13.4. The Bertz CT molecular complexity index is 1250. The van der Waals surface area contributed by atoms with Crippen molar-refractivity contribution < 1.29 is 28.6 Å². The predicted octanol–water partition coefficient (Wildman–Crippen LogP) is 4.19. The van der Waals surface area contributed by atoms with Crippen molar-refractivity contribution in [3.63, 3.8) is 0 Å². The number of hydrogen-bond acceptors (Lipinski definition) is 7. The number of nitrogens with two attached hydrogens (primary N) is 1. The monoisotopic (exact) mass is 490 g/mol. The molecule has 3 N–H and O–H groups in total. The quantitative estimate of drug-likeness (QED) is 0.559. The number of carbonyl (C=O) groups is 3. The summed E-state index contributed by atoms with van der Waals surface area (Å²) in [6.45, 7) is 5.52. The SMILES string of the molecule is CCOC(=O)C1=C(N)OC2=C(C(=O)CC(C)(C)C2)C1c1ccccc1OCC(=O)Nc1ccccc1. The van der Waals surface area contributed by atoms with E-state index in [0.29, 0.717) is 41.2 Å². The molecule has 0 radical (unpaired) electrons. The van der Waals surface area contributed by atoms with Crippen LogP contribution in [0.4, 0.5) is 5.69 Å². The molecule has 36 heavy (non-hydrogen) atoms. The summed E-state index contributed by atoms with van der Waals surface area (Å²) >= 11 is 0. The molecular weight excluding hydrogens is 460 g/mol. The van der Waals surface area contributed by atoms with E-state index in [2.05, 4.69) is 5.32 Å². The van der Waals surface area contributed by atoms with Gasteiger partial charge in [0.1, 0.15) is 17.1 Å². The van der Waals surface area contributed by atoms with E-state index < -0.39 is 11.9 Å². The zero-order chi connectivity index (χ0) is 25.9. The first-order valence-electron chi connectivity index (χ1n) is 11.9. The van der Waals surface area contributed by atoms with Crippen molar-refractivity contribution in [2.24, 2.45) is 11.1 Å². The molecule has 188 valence electrons. The van der Waals surface area contributed by atoms with Crippen LogP contribution in [-0.4, -0.2) is 30.9 Å². The van der Waals surface area contributed by atoms with E-state index in [1.165, 1.54) is 0 Å². The average molecular weight is 491 g/mol. The molecule has 0 fully saturated rings. The Morgan fingerprint density at radius 2 is 1.78 bits per heavy atom. The van der Waals surface area contributed by atoms with Gasteiger partial charge in [0.2, 0.25) is 5.88 Å². The third-order valence-corrected chi connectivity index (χ3v) is 6.10. The van der Waals surface area contributed by atoms with Crippen LogP contribution in [0.1, 0.15) is 45.1 Å². The summed E-state index contributed by atoms with van der Waals surface area (Å²) in [6.07, 6.45) is 0.786. The Balaban J connectivity index is 1.70. The van der Waals surface area contributed by atoms with Crippen LogP contribution in [0.15, 0.2) is 77.4 Å². The second kappa shape index (κ2) is 10.3. The van der Waals surface area contributed by atoms with Gasteiger partial charge in [0, 0.05) is 29.7 Å². The summed E-state index contributed by atoms with van der Waals surface area (Å²) in [5, 5.41) is 2.77. The van der Waals surface area contributed by atoms with Gasteiger partial charge < -0.3 is 25.3 Å². The second-order valence-corrected chi connectivity index (χ2v) is 9.55. The normalized spacial score (nSPS) is 18.8. The van der Waals surface area contributed by atoms with Crippen LogP contribution in [-0.2, 0) is 23.9 Å². The third-order valence-electron chi connectivity index (χ3n) is 6.10. The van der Waals surface area contributed by atoms with E-state index in [1.807, 2.05) is 32.0 Å². The number of para-hydroxylation sites is 2. The summed E-state index contributed by atoms with van der Waals surface area (Å²) < 4.78 is 17.0. The van der Waals surface area contributed by atoms with Gasteiger partial charge in [0.15, 0.2) is 12.4 Å². The first-order valence-corrected chi connectivity index (χ1v) is 11.9. The molecule has 0 saturated carbocycles. The van der Waals surface area contributed by atoms with Crippen molar-refractivity contribution >= 4 is 23.3 Å². The predicted molar refractivity (Wildman–Crippen MR) is 134 cm³/mol. The van der Waals surface area contributed by atoms with Gasteiger partial charge in [0.05, 0.1) is 12.5 Å². The van der Waals surface area contributed by atoms with E-state index in [4.69, 9.17) is 19.9 Å². The number of Topliss-reactive ketones (excluding diaryl/α,β-unsaturated/α-hetero) is 1. The molecule has 1 unspecified atom stereocenters. The van der Waals surface area contributed by atoms with Crippen LogP contribution < -0.4 is 15.8 Å². The number of ether oxygens (including phenoxy) is 3. The molecule has 0 bridgehead atoms. The summed E-state index contributed by atoms with van der Waals surface area (Å²) in [6, 6.07) is 16.0. The van der Waals surface area contributed by atoms with Crippen molar-refractivity contribution in [1.29, 1.82) is 0 Å². The molecular formula is C28H30N2O6. The minimum atomic E-state index is -0.843. The highest BCUT2D eigenvalue weighted by Crippen LogP contribution is 2.49. The largest absolute Gasteiger partial charge is 0.483 e. The van der Waals surface area contributed by atoms with Gasteiger partial charge in [-0.3, -0.25) is 9.59 Å². The standard InChI is InChI=1S/C28H30N2O6/c1-4-34-27(33)25-23(24-19(31)14-28(2,3)15-21(24)36-26(25)29)18-12-8-9-13-20(18)35-16-22(32)30-17-10-6-5-7-11-17/h5-13,23H,4,14-16,29H2,1-3H3,(H,30,32).